The van der Waals surface area contributed by atoms with E-state index in [4.69, 9.17) is 14.2 Å². The molecule has 1 heterocycles. The highest BCUT2D eigenvalue weighted by Crippen LogP contribution is 2.30. The Morgan fingerprint density at radius 1 is 1.04 bits per heavy atom. The molecule has 6 nitrogen and oxygen atoms in total. The van der Waals surface area contributed by atoms with Gasteiger partial charge in [0.2, 0.25) is 0 Å². The van der Waals surface area contributed by atoms with Crippen LogP contribution in [0.5, 0.6) is 17.2 Å². The zero-order valence-electron chi connectivity index (χ0n) is 15.6. The topological polar surface area (TPSA) is 69.7 Å². The number of amides is 1. The van der Waals surface area contributed by atoms with Gasteiger partial charge in [0.25, 0.3) is 5.91 Å². The van der Waals surface area contributed by atoms with Crippen molar-refractivity contribution in [1.82, 2.24) is 10.3 Å². The van der Waals surface area contributed by atoms with Crippen LogP contribution in [0.15, 0.2) is 54.7 Å². The molecular weight excluding hydrogens is 344 g/mol. The van der Waals surface area contributed by atoms with Crippen LogP contribution >= 0.6 is 0 Å². The lowest BCUT2D eigenvalue weighted by Crippen LogP contribution is -2.31. The molecule has 1 aromatic heterocycles. The maximum Gasteiger partial charge on any atom is 0.258 e. The van der Waals surface area contributed by atoms with Crippen molar-refractivity contribution in [3.8, 4) is 17.2 Å². The Bertz CT molecular complexity index is 937. The summed E-state index contributed by atoms with van der Waals surface area (Å²) >= 11 is 0. The summed E-state index contributed by atoms with van der Waals surface area (Å²) in [7, 11) is 3.17. The summed E-state index contributed by atoms with van der Waals surface area (Å²) in [5.41, 5.74) is 1.65. The van der Waals surface area contributed by atoms with Gasteiger partial charge in [-0.3, -0.25) is 9.78 Å². The minimum Gasteiger partial charge on any atom is -0.493 e. The molecule has 0 fully saturated rings. The quantitative estimate of drug-likeness (QED) is 0.693. The molecule has 0 spiro atoms. The van der Waals surface area contributed by atoms with E-state index in [2.05, 4.69) is 10.3 Å². The van der Waals surface area contributed by atoms with Gasteiger partial charge >= 0.3 is 0 Å². The van der Waals surface area contributed by atoms with E-state index in [9.17, 15) is 4.79 Å². The number of methoxy groups -OCH3 is 2. The third-order valence-electron chi connectivity index (χ3n) is 4.24. The molecule has 0 bridgehead atoms. The Morgan fingerprint density at radius 3 is 2.59 bits per heavy atom. The van der Waals surface area contributed by atoms with Gasteiger partial charge in [-0.15, -0.1) is 0 Å². The molecule has 6 heteroatoms. The normalized spacial score (nSPS) is 11.7. The van der Waals surface area contributed by atoms with Crippen molar-refractivity contribution in [2.75, 3.05) is 20.8 Å². The van der Waals surface area contributed by atoms with E-state index in [1.165, 1.54) is 0 Å². The maximum absolute atomic E-state index is 12.3. The molecule has 3 aromatic rings. The first-order valence-electron chi connectivity index (χ1n) is 8.60. The van der Waals surface area contributed by atoms with Crippen molar-refractivity contribution in [1.29, 1.82) is 0 Å². The van der Waals surface area contributed by atoms with Crippen LogP contribution in [0.4, 0.5) is 0 Å². The number of benzene rings is 2. The smallest absolute Gasteiger partial charge is 0.258 e. The second kappa shape index (κ2) is 8.40. The van der Waals surface area contributed by atoms with Gasteiger partial charge in [-0.05, 0) is 36.8 Å². The van der Waals surface area contributed by atoms with E-state index in [1.807, 2.05) is 49.4 Å². The Balaban J connectivity index is 1.63. The number of fused-ring (bicyclic) bond motifs is 1. The summed E-state index contributed by atoms with van der Waals surface area (Å²) in [6.45, 7) is 1.81. The number of ether oxygens (including phenoxy) is 3. The zero-order chi connectivity index (χ0) is 19.2. The van der Waals surface area contributed by atoms with Crippen molar-refractivity contribution < 1.29 is 19.0 Å². The standard InChI is InChI=1S/C21H22N2O4/c1-14(16-9-10-17(25-2)19(12-16)26-3)23-20(24)13-27-18-8-4-6-15-7-5-11-22-21(15)18/h4-12,14H,13H2,1-3H3,(H,23,24)/t14-/m1/s1. The molecule has 0 aliphatic carbocycles. The van der Waals surface area contributed by atoms with Crippen LogP contribution in [0.1, 0.15) is 18.5 Å². The van der Waals surface area contributed by atoms with Crippen LogP contribution in [-0.2, 0) is 4.79 Å². The zero-order valence-corrected chi connectivity index (χ0v) is 15.6. The molecule has 0 unspecified atom stereocenters. The lowest BCUT2D eigenvalue weighted by Gasteiger charge is -2.17. The molecular formula is C21H22N2O4. The second-order valence-corrected chi connectivity index (χ2v) is 6.02. The first kappa shape index (κ1) is 18.5. The summed E-state index contributed by atoms with van der Waals surface area (Å²) in [5, 5.41) is 3.89. The van der Waals surface area contributed by atoms with Gasteiger partial charge in [0.1, 0.15) is 11.3 Å². The van der Waals surface area contributed by atoms with E-state index >= 15 is 0 Å². The summed E-state index contributed by atoms with van der Waals surface area (Å²) < 4.78 is 16.2. The van der Waals surface area contributed by atoms with E-state index in [-0.39, 0.29) is 18.6 Å². The number of hydrogen-bond acceptors (Lipinski definition) is 5. The summed E-state index contributed by atoms with van der Waals surface area (Å²) in [6.07, 6.45) is 1.70. The second-order valence-electron chi connectivity index (χ2n) is 6.02. The predicted octanol–water partition coefficient (Wildman–Crippen LogP) is 3.51. The molecule has 140 valence electrons. The number of nitrogens with one attached hydrogen (secondary N) is 1. The van der Waals surface area contributed by atoms with E-state index < -0.39 is 0 Å². The van der Waals surface area contributed by atoms with Crippen LogP contribution in [-0.4, -0.2) is 31.7 Å². The molecule has 3 rings (SSSR count). The van der Waals surface area contributed by atoms with Gasteiger partial charge in [0.05, 0.1) is 20.3 Å². The average molecular weight is 366 g/mol. The Labute approximate surface area is 158 Å². The molecule has 1 atom stereocenters. The minimum atomic E-state index is -0.217. The fourth-order valence-electron chi connectivity index (χ4n) is 2.82. The van der Waals surface area contributed by atoms with Gasteiger partial charge in [-0.25, -0.2) is 0 Å². The van der Waals surface area contributed by atoms with E-state index in [0.29, 0.717) is 17.2 Å². The molecule has 0 aliphatic rings. The molecule has 0 aliphatic heterocycles. The maximum atomic E-state index is 12.3. The SMILES string of the molecule is COc1ccc([C@@H](C)NC(=O)COc2cccc3cccnc23)cc1OC. The molecule has 0 saturated heterocycles. The largest absolute Gasteiger partial charge is 0.493 e. The number of carbonyl (C=O) groups excluding carboxylic acids is 1. The Hall–Kier alpha value is -3.28. The summed E-state index contributed by atoms with van der Waals surface area (Å²) in [6, 6.07) is 14.8. The molecule has 27 heavy (non-hydrogen) atoms. The third-order valence-corrected chi connectivity index (χ3v) is 4.24. The van der Waals surface area contributed by atoms with Crippen molar-refractivity contribution >= 4 is 16.8 Å². The first-order valence-corrected chi connectivity index (χ1v) is 8.60. The van der Waals surface area contributed by atoms with Gasteiger partial charge in [0, 0.05) is 11.6 Å². The number of nitrogens with zero attached hydrogens (tertiary/aromatic N) is 1. The number of hydrogen-bond donors (Lipinski definition) is 1. The monoisotopic (exact) mass is 366 g/mol. The Kier molecular flexibility index (Phi) is 5.76. The molecule has 1 amide bonds. The lowest BCUT2D eigenvalue weighted by atomic mass is 10.1. The first-order chi connectivity index (χ1) is 13.1. The fraction of sp³-hybridized carbons (Fsp3) is 0.238. The molecule has 0 radical (unpaired) electrons. The van der Waals surface area contributed by atoms with Gasteiger partial charge in [-0.1, -0.05) is 24.3 Å². The van der Waals surface area contributed by atoms with Crippen LogP contribution in [0, 0.1) is 0 Å². The van der Waals surface area contributed by atoms with Crippen LogP contribution in [0.2, 0.25) is 0 Å². The van der Waals surface area contributed by atoms with Crippen molar-refractivity contribution in [2.24, 2.45) is 0 Å². The van der Waals surface area contributed by atoms with Crippen molar-refractivity contribution in [2.45, 2.75) is 13.0 Å². The number of carbonyl (C=O) groups is 1. The predicted molar refractivity (Wildman–Crippen MR) is 103 cm³/mol. The summed E-state index contributed by atoms with van der Waals surface area (Å²) in [4.78, 5) is 16.6. The van der Waals surface area contributed by atoms with Crippen LogP contribution in [0.3, 0.4) is 0 Å². The van der Waals surface area contributed by atoms with Crippen LogP contribution in [0.25, 0.3) is 10.9 Å². The summed E-state index contributed by atoms with van der Waals surface area (Å²) in [5.74, 6) is 1.63. The number of pyridine rings is 1. The molecule has 2 aromatic carbocycles. The van der Waals surface area contributed by atoms with Crippen molar-refractivity contribution in [3.63, 3.8) is 0 Å². The lowest BCUT2D eigenvalue weighted by molar-refractivity contribution is -0.123. The average Bonchev–Trinajstić information content (AvgIpc) is 2.71. The number of para-hydroxylation sites is 1. The fourth-order valence-corrected chi connectivity index (χ4v) is 2.82. The van der Waals surface area contributed by atoms with Gasteiger partial charge in [-0.2, -0.15) is 0 Å². The minimum absolute atomic E-state index is 0.0900. The highest BCUT2D eigenvalue weighted by molar-refractivity contribution is 5.85. The molecule has 0 saturated carbocycles. The molecule has 1 N–H and O–H groups in total. The van der Waals surface area contributed by atoms with Gasteiger partial charge < -0.3 is 19.5 Å². The Morgan fingerprint density at radius 2 is 1.81 bits per heavy atom. The van der Waals surface area contributed by atoms with E-state index in [0.717, 1.165) is 16.5 Å². The van der Waals surface area contributed by atoms with Crippen molar-refractivity contribution in [3.05, 3.63) is 60.3 Å². The number of aromatic nitrogens is 1. The highest BCUT2D eigenvalue weighted by Gasteiger charge is 2.14. The third kappa shape index (κ3) is 4.28. The highest BCUT2D eigenvalue weighted by atomic mass is 16.5. The van der Waals surface area contributed by atoms with Crippen LogP contribution < -0.4 is 19.5 Å². The number of rotatable bonds is 7. The van der Waals surface area contributed by atoms with Gasteiger partial charge in [0.15, 0.2) is 18.1 Å². The van der Waals surface area contributed by atoms with E-state index in [1.54, 1.807) is 26.5 Å².